The molecular formula is C100H67B2N7O3S. The SMILES string of the molecule is c1ccc(N2c3cc4c(cc3B3c5oc6ccccc6c5N(c5ccccc5)c5cc(N6c7ccccc7Oc7ccccc76)cc2c53)c2cc3c(cc2n4-c2ccc(C4CCCCC4)cc2)N(c2ccccc2)c2cc(N4c5ccccc5Oc5ccccc54)cc4c2B3c2sc3ccccc3c2N4c2ccccc2)cc1. The summed E-state index contributed by atoms with van der Waals surface area (Å²) in [5.41, 5.74) is 30.2. The van der Waals surface area contributed by atoms with E-state index in [2.05, 4.69) is 374 Å². The average Bonchev–Trinajstić information content (AvgIpc) is 1.62. The van der Waals surface area contributed by atoms with Gasteiger partial charge in [0.1, 0.15) is 5.58 Å². The molecule has 9 heterocycles. The third-order valence-corrected chi connectivity index (χ3v) is 26.0. The van der Waals surface area contributed by atoms with Gasteiger partial charge in [-0.05, 0) is 210 Å². The van der Waals surface area contributed by atoms with Gasteiger partial charge in [0.2, 0.25) is 0 Å². The van der Waals surface area contributed by atoms with Crippen molar-refractivity contribution >= 4 is 202 Å². The number of aromatic nitrogens is 1. The third kappa shape index (κ3) is 9.19. The minimum absolute atomic E-state index is 0.209. The number of thiophene rings is 1. The summed E-state index contributed by atoms with van der Waals surface area (Å²) < 4.78 is 26.4. The summed E-state index contributed by atoms with van der Waals surface area (Å²) >= 11 is 1.93. The van der Waals surface area contributed by atoms with Gasteiger partial charge in [-0.25, -0.2) is 0 Å². The first-order chi connectivity index (χ1) is 56.1. The third-order valence-electron chi connectivity index (χ3n) is 24.8. The molecule has 1 saturated carbocycles. The number of rotatable bonds is 8. The Morgan fingerprint density at radius 2 is 0.690 bits per heavy atom. The van der Waals surface area contributed by atoms with Crippen molar-refractivity contribution < 1.29 is 13.9 Å². The van der Waals surface area contributed by atoms with Crippen molar-refractivity contribution in [1.82, 2.24) is 4.57 Å². The van der Waals surface area contributed by atoms with Crippen LogP contribution in [0.5, 0.6) is 23.0 Å². The summed E-state index contributed by atoms with van der Waals surface area (Å²) in [5, 5.41) is 4.60. The topological polar surface area (TPSA) is 56.0 Å². The molecule has 0 radical (unpaired) electrons. The molecule has 1 aliphatic carbocycles. The van der Waals surface area contributed by atoms with Gasteiger partial charge in [-0.2, -0.15) is 0 Å². The van der Waals surface area contributed by atoms with Crippen molar-refractivity contribution in [1.29, 1.82) is 0 Å². The first-order valence-corrected chi connectivity index (χ1v) is 40.3. The molecule has 10 nitrogen and oxygen atoms in total. The molecule has 532 valence electrons. The molecule has 0 bridgehead atoms. The summed E-state index contributed by atoms with van der Waals surface area (Å²) in [6.07, 6.45) is 6.25. The van der Waals surface area contributed by atoms with Gasteiger partial charge in [0.05, 0.1) is 62.2 Å². The number of para-hydroxylation sites is 13. The summed E-state index contributed by atoms with van der Waals surface area (Å²) in [6.45, 7) is -0.587. The Bertz CT molecular complexity index is 6530. The highest BCUT2D eigenvalue weighted by atomic mass is 32.1. The number of anilines is 18. The highest BCUT2D eigenvalue weighted by Crippen LogP contribution is 2.58. The van der Waals surface area contributed by atoms with Gasteiger partial charge < -0.3 is 47.9 Å². The van der Waals surface area contributed by atoms with Crippen LogP contribution in [0.3, 0.4) is 0 Å². The zero-order chi connectivity index (χ0) is 73.7. The summed E-state index contributed by atoms with van der Waals surface area (Å²) in [6, 6.07) is 126. The lowest BCUT2D eigenvalue weighted by Crippen LogP contribution is -2.61. The number of furan rings is 1. The van der Waals surface area contributed by atoms with Gasteiger partial charge >= 0.3 is 0 Å². The van der Waals surface area contributed by atoms with Crippen LogP contribution in [0.1, 0.15) is 43.6 Å². The molecule has 13 heteroatoms. The second kappa shape index (κ2) is 24.3. The maximum absolute atomic E-state index is 7.64. The van der Waals surface area contributed by atoms with Crippen molar-refractivity contribution in [3.05, 3.63) is 345 Å². The Balaban J connectivity index is 0.809. The molecule has 7 aliphatic rings. The summed E-state index contributed by atoms with van der Waals surface area (Å²) in [7, 11) is 0. The van der Waals surface area contributed by atoms with Crippen molar-refractivity contribution in [3.8, 4) is 28.7 Å². The molecule has 25 rings (SSSR count). The van der Waals surface area contributed by atoms with Gasteiger partial charge in [0.15, 0.2) is 23.0 Å². The Hall–Kier alpha value is -13.9. The monoisotopic (exact) mass is 1470 g/mol. The van der Waals surface area contributed by atoms with Gasteiger partial charge in [0.25, 0.3) is 13.4 Å². The van der Waals surface area contributed by atoms with Crippen LogP contribution in [0, 0.1) is 0 Å². The van der Waals surface area contributed by atoms with Crippen LogP contribution in [0.2, 0.25) is 0 Å². The molecule has 1 fully saturated rings. The Labute approximate surface area is 657 Å². The van der Waals surface area contributed by atoms with Crippen LogP contribution in [-0.2, 0) is 0 Å². The van der Waals surface area contributed by atoms with E-state index in [1.54, 1.807) is 0 Å². The number of hydrogen-bond acceptors (Lipinski definition) is 10. The molecule has 0 saturated heterocycles. The predicted octanol–water partition coefficient (Wildman–Crippen LogP) is 24.1. The lowest BCUT2D eigenvalue weighted by atomic mass is 9.35. The van der Waals surface area contributed by atoms with E-state index in [9.17, 15) is 0 Å². The van der Waals surface area contributed by atoms with Crippen LogP contribution in [-0.4, -0.2) is 18.0 Å². The predicted molar refractivity (Wildman–Crippen MR) is 469 cm³/mol. The Kier molecular flexibility index (Phi) is 13.5. The first kappa shape index (κ1) is 63.0. The molecule has 0 unspecified atom stereocenters. The van der Waals surface area contributed by atoms with E-state index in [0.717, 1.165) is 169 Å². The van der Waals surface area contributed by atoms with Crippen LogP contribution in [0.4, 0.5) is 102 Å². The lowest BCUT2D eigenvalue weighted by Gasteiger charge is -2.44. The maximum Gasteiger partial charge on any atom is 0.297 e. The van der Waals surface area contributed by atoms with Crippen molar-refractivity contribution in [2.75, 3.05) is 29.4 Å². The second-order valence-corrected chi connectivity index (χ2v) is 31.9. The molecule has 18 aromatic rings. The fourth-order valence-corrected chi connectivity index (χ4v) is 21.4. The highest BCUT2D eigenvalue weighted by Gasteiger charge is 2.50. The molecule has 6 aliphatic heterocycles. The number of benzene rings is 15. The van der Waals surface area contributed by atoms with E-state index in [0.29, 0.717) is 5.92 Å². The number of fused-ring (bicyclic) bond motifs is 19. The molecular weight excluding hydrogens is 1400 g/mol. The minimum atomic E-state index is -0.378. The molecule has 113 heavy (non-hydrogen) atoms. The molecule has 0 spiro atoms. The molecule has 3 aromatic heterocycles. The van der Waals surface area contributed by atoms with Gasteiger partial charge in [0, 0.05) is 93.6 Å². The maximum atomic E-state index is 7.64. The van der Waals surface area contributed by atoms with E-state index in [1.165, 1.54) is 74.5 Å². The van der Waals surface area contributed by atoms with Crippen LogP contribution >= 0.6 is 11.3 Å². The summed E-state index contributed by atoms with van der Waals surface area (Å²) in [4.78, 5) is 15.0. The van der Waals surface area contributed by atoms with E-state index in [4.69, 9.17) is 13.9 Å². The van der Waals surface area contributed by atoms with Crippen LogP contribution in [0.25, 0.3) is 48.5 Å². The largest absolute Gasteiger partial charge is 0.468 e. The quantitative estimate of drug-likeness (QED) is 0.139. The molecule has 0 N–H and O–H groups in total. The van der Waals surface area contributed by atoms with E-state index in [1.807, 2.05) is 11.3 Å². The van der Waals surface area contributed by atoms with Crippen molar-refractivity contribution in [3.63, 3.8) is 0 Å². The zero-order valence-electron chi connectivity index (χ0n) is 61.4. The molecule has 0 amide bonds. The van der Waals surface area contributed by atoms with Crippen LogP contribution in [0.15, 0.2) is 344 Å². The summed E-state index contributed by atoms with van der Waals surface area (Å²) in [5.74, 6) is 3.72. The highest BCUT2D eigenvalue weighted by molar-refractivity contribution is 7.33. The Morgan fingerprint density at radius 1 is 0.292 bits per heavy atom. The number of hydrogen-bond donors (Lipinski definition) is 0. The standard InChI is InChI=1S/C100H67B2N7O3S/c1-6-28-62(29-7-1)63-50-52-68(53-51-63)103-81-60-83-75(101-95-85(104(83)64-30-8-2-9-31-64)54-69(106-77-40-18-23-45-90(77)110-91-46-24-19-41-78(91)106)56-87(95)108(66-34-12-4-13-35-66)97-71-38-16-22-44-89(71)112-99(97)101)58-73(81)74-59-76-84(61-82(74)103)105(65-32-10-3-11-33-65)86-55-70(107-79-42-20-25-47-92(79)111-93-48-26-21-43-80(93)107)57-88-96(86)102(76)100-98(72-39-17-27-49-94(72)113-100)109(88)67-36-14-5-15-37-67/h2-5,8-27,30-62H,1,6-7,28-29H2. The second-order valence-electron chi connectivity index (χ2n) is 30.8. The van der Waals surface area contributed by atoms with E-state index in [-0.39, 0.29) is 13.4 Å². The number of nitrogens with zero attached hydrogens (tertiary/aromatic N) is 7. The fourth-order valence-electron chi connectivity index (χ4n) is 20.1. The fraction of sp³-hybridized carbons (Fsp3) is 0.0600. The minimum Gasteiger partial charge on any atom is -0.468 e. The van der Waals surface area contributed by atoms with Crippen LogP contribution < -0.4 is 71.2 Å². The number of ether oxygens (including phenoxy) is 2. The lowest BCUT2D eigenvalue weighted by molar-refractivity contribution is 0.443. The van der Waals surface area contributed by atoms with Gasteiger partial charge in [-0.3, -0.25) is 0 Å². The van der Waals surface area contributed by atoms with Gasteiger partial charge in [-0.15, -0.1) is 11.3 Å². The normalized spacial score (nSPS) is 14.7. The zero-order valence-corrected chi connectivity index (χ0v) is 62.2. The van der Waals surface area contributed by atoms with E-state index >= 15 is 0 Å². The molecule has 15 aromatic carbocycles. The Morgan fingerprint density at radius 3 is 1.19 bits per heavy atom. The van der Waals surface area contributed by atoms with Gasteiger partial charge in [-0.1, -0.05) is 195 Å². The molecule has 0 atom stereocenters. The van der Waals surface area contributed by atoms with Crippen molar-refractivity contribution in [2.45, 2.75) is 38.0 Å². The first-order valence-electron chi connectivity index (χ1n) is 39.5. The van der Waals surface area contributed by atoms with Crippen molar-refractivity contribution in [2.24, 2.45) is 0 Å². The smallest absolute Gasteiger partial charge is 0.297 e. The van der Waals surface area contributed by atoms with E-state index < -0.39 is 0 Å². The average molecular weight is 1470 g/mol.